The third-order valence-electron chi connectivity index (χ3n) is 4.21. The molecule has 0 aliphatic carbocycles. The number of aliphatic imine (C=N–C) groups is 1. The lowest BCUT2D eigenvalue weighted by molar-refractivity contribution is 0.113. The molecule has 124 valence electrons. The molecule has 6 heteroatoms. The van der Waals surface area contributed by atoms with E-state index >= 15 is 0 Å². The number of ether oxygens (including phenoxy) is 1. The van der Waals surface area contributed by atoms with Gasteiger partial charge in [0.25, 0.3) is 0 Å². The first-order chi connectivity index (χ1) is 9.81. The van der Waals surface area contributed by atoms with E-state index in [-0.39, 0.29) is 24.0 Å². The first-order valence-corrected chi connectivity index (χ1v) is 8.13. The van der Waals surface area contributed by atoms with Crippen LogP contribution in [-0.4, -0.2) is 62.8 Å². The molecule has 2 rings (SSSR count). The molecule has 2 N–H and O–H groups in total. The number of rotatable bonds is 5. The van der Waals surface area contributed by atoms with Gasteiger partial charge in [-0.3, -0.25) is 4.99 Å². The average molecular weight is 410 g/mol. The van der Waals surface area contributed by atoms with Gasteiger partial charge < -0.3 is 20.3 Å². The number of guanidine groups is 1. The molecular formula is C15H31IN4O. The molecular weight excluding hydrogens is 379 g/mol. The van der Waals surface area contributed by atoms with Crippen LogP contribution in [0.15, 0.2) is 4.99 Å². The Hall–Kier alpha value is -0.0800. The monoisotopic (exact) mass is 410 g/mol. The standard InChI is InChI=1S/C15H30N4O.HI/c1-3-8-19-9-6-13(7-10-19)18-15(16-2)17-12-14-5-4-11-20-14;/h13-14H,3-12H2,1-2H3,(H2,16,17,18);1H. The highest BCUT2D eigenvalue weighted by Gasteiger charge is 2.20. The zero-order valence-corrected chi connectivity index (χ0v) is 15.8. The molecule has 0 bridgehead atoms. The maximum Gasteiger partial charge on any atom is 0.191 e. The van der Waals surface area contributed by atoms with Crippen molar-refractivity contribution in [2.75, 3.05) is 39.8 Å². The normalized spacial score (nSPS) is 24.7. The van der Waals surface area contributed by atoms with Gasteiger partial charge >= 0.3 is 0 Å². The van der Waals surface area contributed by atoms with Gasteiger partial charge in [-0.05, 0) is 38.6 Å². The molecule has 2 fully saturated rings. The van der Waals surface area contributed by atoms with Gasteiger partial charge in [0, 0.05) is 39.3 Å². The Bertz CT molecular complexity index is 300. The number of nitrogens with zero attached hydrogens (tertiary/aromatic N) is 2. The quantitative estimate of drug-likeness (QED) is 0.413. The van der Waals surface area contributed by atoms with Gasteiger partial charge in [-0.1, -0.05) is 6.92 Å². The van der Waals surface area contributed by atoms with Crippen LogP contribution in [0.4, 0.5) is 0 Å². The number of piperidine rings is 1. The van der Waals surface area contributed by atoms with Crippen molar-refractivity contribution in [2.24, 2.45) is 4.99 Å². The molecule has 0 radical (unpaired) electrons. The van der Waals surface area contributed by atoms with Crippen molar-refractivity contribution >= 4 is 29.9 Å². The summed E-state index contributed by atoms with van der Waals surface area (Å²) < 4.78 is 5.63. The van der Waals surface area contributed by atoms with Gasteiger partial charge in [-0.15, -0.1) is 24.0 Å². The van der Waals surface area contributed by atoms with Crippen LogP contribution in [0, 0.1) is 0 Å². The summed E-state index contributed by atoms with van der Waals surface area (Å²) in [6.45, 7) is 7.67. The second-order valence-electron chi connectivity index (χ2n) is 5.85. The Morgan fingerprint density at radius 2 is 2.05 bits per heavy atom. The van der Waals surface area contributed by atoms with Gasteiger partial charge in [0.2, 0.25) is 0 Å². The Kier molecular flexibility index (Phi) is 9.59. The summed E-state index contributed by atoms with van der Waals surface area (Å²) in [7, 11) is 1.84. The minimum Gasteiger partial charge on any atom is -0.376 e. The van der Waals surface area contributed by atoms with Crippen LogP contribution < -0.4 is 10.6 Å². The van der Waals surface area contributed by atoms with E-state index in [2.05, 4.69) is 27.4 Å². The number of hydrogen-bond acceptors (Lipinski definition) is 3. The molecule has 0 saturated carbocycles. The third kappa shape index (κ3) is 6.69. The molecule has 0 aromatic rings. The van der Waals surface area contributed by atoms with E-state index in [0.717, 1.165) is 19.1 Å². The number of hydrogen-bond donors (Lipinski definition) is 2. The zero-order chi connectivity index (χ0) is 14.2. The summed E-state index contributed by atoms with van der Waals surface area (Å²) in [4.78, 5) is 6.88. The van der Waals surface area contributed by atoms with Crippen LogP contribution in [0.25, 0.3) is 0 Å². The summed E-state index contributed by atoms with van der Waals surface area (Å²) in [6, 6.07) is 0.554. The molecule has 2 heterocycles. The predicted octanol–water partition coefficient (Wildman–Crippen LogP) is 1.82. The fourth-order valence-corrected chi connectivity index (χ4v) is 3.02. The van der Waals surface area contributed by atoms with Crippen molar-refractivity contribution in [2.45, 2.75) is 51.2 Å². The van der Waals surface area contributed by atoms with Crippen LogP contribution >= 0.6 is 24.0 Å². The maximum absolute atomic E-state index is 5.63. The largest absolute Gasteiger partial charge is 0.376 e. The number of nitrogens with one attached hydrogen (secondary N) is 2. The van der Waals surface area contributed by atoms with Crippen molar-refractivity contribution in [3.8, 4) is 0 Å². The van der Waals surface area contributed by atoms with Crippen LogP contribution in [0.1, 0.15) is 39.0 Å². The van der Waals surface area contributed by atoms with E-state index in [4.69, 9.17) is 4.74 Å². The SMILES string of the molecule is CCCN1CCC(NC(=NC)NCC2CCCO2)CC1.I. The van der Waals surface area contributed by atoms with Gasteiger partial charge in [0.05, 0.1) is 6.10 Å². The van der Waals surface area contributed by atoms with Gasteiger partial charge in [-0.25, -0.2) is 0 Å². The molecule has 2 aliphatic heterocycles. The van der Waals surface area contributed by atoms with E-state index < -0.39 is 0 Å². The van der Waals surface area contributed by atoms with E-state index in [9.17, 15) is 0 Å². The van der Waals surface area contributed by atoms with Crippen LogP contribution in [0.2, 0.25) is 0 Å². The highest BCUT2D eigenvalue weighted by molar-refractivity contribution is 14.0. The molecule has 0 amide bonds. The smallest absolute Gasteiger partial charge is 0.191 e. The maximum atomic E-state index is 5.63. The highest BCUT2D eigenvalue weighted by Crippen LogP contribution is 2.11. The summed E-state index contributed by atoms with van der Waals surface area (Å²) in [5, 5.41) is 6.94. The molecule has 5 nitrogen and oxygen atoms in total. The van der Waals surface area contributed by atoms with Gasteiger partial charge in [0.1, 0.15) is 0 Å². The van der Waals surface area contributed by atoms with Crippen LogP contribution in [0.5, 0.6) is 0 Å². The van der Waals surface area contributed by atoms with E-state index in [0.29, 0.717) is 12.1 Å². The topological polar surface area (TPSA) is 48.9 Å². The molecule has 1 unspecified atom stereocenters. The molecule has 21 heavy (non-hydrogen) atoms. The second-order valence-corrected chi connectivity index (χ2v) is 5.85. The summed E-state index contributed by atoms with van der Waals surface area (Å²) in [5.41, 5.74) is 0. The second kappa shape index (κ2) is 10.6. The summed E-state index contributed by atoms with van der Waals surface area (Å²) >= 11 is 0. The number of halogens is 1. The zero-order valence-electron chi connectivity index (χ0n) is 13.4. The Morgan fingerprint density at radius 1 is 1.29 bits per heavy atom. The predicted molar refractivity (Wildman–Crippen MR) is 98.6 cm³/mol. The lowest BCUT2D eigenvalue weighted by Crippen LogP contribution is -2.49. The lowest BCUT2D eigenvalue weighted by Gasteiger charge is -2.33. The van der Waals surface area contributed by atoms with Crippen molar-refractivity contribution in [3.63, 3.8) is 0 Å². The highest BCUT2D eigenvalue weighted by atomic mass is 127. The average Bonchev–Trinajstić information content (AvgIpc) is 2.99. The van der Waals surface area contributed by atoms with Crippen LogP contribution in [-0.2, 0) is 4.74 Å². The van der Waals surface area contributed by atoms with E-state index in [1.54, 1.807) is 0 Å². The van der Waals surface area contributed by atoms with Gasteiger partial charge in [0.15, 0.2) is 5.96 Å². The Labute approximate surface area is 146 Å². The van der Waals surface area contributed by atoms with Crippen molar-refractivity contribution in [1.82, 2.24) is 15.5 Å². The minimum atomic E-state index is 0. The van der Waals surface area contributed by atoms with Crippen molar-refractivity contribution < 1.29 is 4.74 Å². The first-order valence-electron chi connectivity index (χ1n) is 8.13. The minimum absolute atomic E-state index is 0. The fraction of sp³-hybridized carbons (Fsp3) is 0.933. The molecule has 0 aromatic heterocycles. The molecule has 2 aliphatic rings. The summed E-state index contributed by atoms with van der Waals surface area (Å²) in [6.07, 6.45) is 6.39. The molecule has 0 aromatic carbocycles. The molecule has 1 atom stereocenters. The van der Waals surface area contributed by atoms with E-state index in [1.165, 1.54) is 51.7 Å². The van der Waals surface area contributed by atoms with Crippen molar-refractivity contribution in [1.29, 1.82) is 0 Å². The Balaban J connectivity index is 0.00000220. The fourth-order valence-electron chi connectivity index (χ4n) is 3.02. The number of likely N-dealkylation sites (tertiary alicyclic amines) is 1. The third-order valence-corrected chi connectivity index (χ3v) is 4.21. The Morgan fingerprint density at radius 3 is 2.62 bits per heavy atom. The van der Waals surface area contributed by atoms with Gasteiger partial charge in [-0.2, -0.15) is 0 Å². The van der Waals surface area contributed by atoms with E-state index in [1.807, 2.05) is 7.05 Å². The summed E-state index contributed by atoms with van der Waals surface area (Å²) in [5.74, 6) is 0.925. The molecule has 2 saturated heterocycles. The first kappa shape index (κ1) is 19.0. The van der Waals surface area contributed by atoms with Crippen LogP contribution in [0.3, 0.4) is 0 Å². The molecule has 0 spiro atoms. The lowest BCUT2D eigenvalue weighted by atomic mass is 10.1. The van der Waals surface area contributed by atoms with Crippen molar-refractivity contribution in [3.05, 3.63) is 0 Å².